The number of hydrogen-bond donors (Lipinski definition) is 1. The van der Waals surface area contributed by atoms with Crippen molar-refractivity contribution in [2.75, 3.05) is 12.8 Å². The van der Waals surface area contributed by atoms with E-state index in [4.69, 9.17) is 19.4 Å². The molecule has 0 unspecified atom stereocenters. The Kier molecular flexibility index (Phi) is 3.23. The maximum Gasteiger partial charge on any atom is 0.181 e. The van der Waals surface area contributed by atoms with Crippen molar-refractivity contribution < 1.29 is 13.7 Å². The Balaban J connectivity index is 2.25. The van der Waals surface area contributed by atoms with Crippen molar-refractivity contribution in [3.8, 4) is 28.2 Å². The maximum absolute atomic E-state index is 5.95. The molecule has 2 aromatic heterocycles. The quantitative estimate of drug-likeness (QED) is 0.784. The van der Waals surface area contributed by atoms with Gasteiger partial charge in [0, 0.05) is 5.56 Å². The second kappa shape index (κ2) is 5.05. The van der Waals surface area contributed by atoms with Crippen LogP contribution in [0.3, 0.4) is 0 Å². The zero-order valence-electron chi connectivity index (χ0n) is 10.6. The molecule has 0 aliphatic rings. The van der Waals surface area contributed by atoms with Crippen LogP contribution in [0.2, 0.25) is 0 Å². The molecule has 5 nitrogen and oxygen atoms in total. The molecule has 102 valence electrons. The lowest BCUT2D eigenvalue weighted by Crippen LogP contribution is -1.92. The van der Waals surface area contributed by atoms with Gasteiger partial charge in [0.05, 0.1) is 24.5 Å². The van der Waals surface area contributed by atoms with E-state index in [1.54, 1.807) is 19.4 Å². The zero-order chi connectivity index (χ0) is 14.1. The van der Waals surface area contributed by atoms with Gasteiger partial charge in [-0.05, 0) is 28.1 Å². The smallest absolute Gasteiger partial charge is 0.181 e. The molecule has 1 aromatic carbocycles. The van der Waals surface area contributed by atoms with Crippen molar-refractivity contribution in [2.45, 2.75) is 0 Å². The summed E-state index contributed by atoms with van der Waals surface area (Å²) < 4.78 is 16.5. The van der Waals surface area contributed by atoms with E-state index in [1.807, 2.05) is 24.3 Å². The average molecular weight is 335 g/mol. The van der Waals surface area contributed by atoms with Gasteiger partial charge in [-0.2, -0.15) is 0 Å². The number of hydrogen-bond acceptors (Lipinski definition) is 5. The molecule has 0 fully saturated rings. The summed E-state index contributed by atoms with van der Waals surface area (Å²) in [7, 11) is 1.61. The lowest BCUT2D eigenvalue weighted by atomic mass is 10.0. The Morgan fingerprint density at radius 2 is 2.00 bits per heavy atom. The molecule has 3 aromatic rings. The fourth-order valence-electron chi connectivity index (χ4n) is 2.05. The van der Waals surface area contributed by atoms with Crippen molar-refractivity contribution in [3.05, 3.63) is 41.3 Å². The second-order valence-corrected chi connectivity index (χ2v) is 4.80. The standard InChI is InChI=1S/C14H11BrN2O3/c1-18-10-5-3-2-4-8(10)11-12(20-17-14(11)16)9-6-7-19-13(9)15/h2-7H,1H3,(H2,16,17). The van der Waals surface area contributed by atoms with Crippen LogP contribution in [0, 0.1) is 0 Å². The number of furan rings is 1. The van der Waals surface area contributed by atoms with Gasteiger partial charge in [-0.1, -0.05) is 23.4 Å². The number of nitrogen functional groups attached to an aromatic ring is 1. The predicted molar refractivity (Wildman–Crippen MR) is 78.3 cm³/mol. The van der Waals surface area contributed by atoms with Crippen molar-refractivity contribution in [2.24, 2.45) is 0 Å². The minimum Gasteiger partial charge on any atom is -0.496 e. The summed E-state index contributed by atoms with van der Waals surface area (Å²) in [4.78, 5) is 0. The lowest BCUT2D eigenvalue weighted by Gasteiger charge is -2.07. The van der Waals surface area contributed by atoms with Crippen LogP contribution < -0.4 is 10.5 Å². The molecule has 0 aliphatic heterocycles. The van der Waals surface area contributed by atoms with Crippen LogP contribution in [-0.2, 0) is 0 Å². The average Bonchev–Trinajstić information content (AvgIpc) is 3.04. The molecule has 0 aliphatic carbocycles. The lowest BCUT2D eigenvalue weighted by molar-refractivity contribution is 0.416. The number of nitrogens with zero attached hydrogens (tertiary/aromatic N) is 1. The van der Waals surface area contributed by atoms with Crippen molar-refractivity contribution in [1.29, 1.82) is 0 Å². The number of benzene rings is 1. The van der Waals surface area contributed by atoms with Crippen molar-refractivity contribution in [3.63, 3.8) is 0 Å². The fourth-order valence-corrected chi connectivity index (χ4v) is 2.47. The van der Waals surface area contributed by atoms with Crippen molar-refractivity contribution in [1.82, 2.24) is 5.16 Å². The highest BCUT2D eigenvalue weighted by Gasteiger charge is 2.23. The van der Waals surface area contributed by atoms with E-state index in [-0.39, 0.29) is 0 Å². The highest BCUT2D eigenvalue weighted by atomic mass is 79.9. The molecule has 0 radical (unpaired) electrons. The third kappa shape index (κ3) is 1.98. The summed E-state index contributed by atoms with van der Waals surface area (Å²) in [6, 6.07) is 9.33. The van der Waals surface area contributed by atoms with E-state index >= 15 is 0 Å². The van der Waals surface area contributed by atoms with E-state index in [0.717, 1.165) is 11.1 Å². The van der Waals surface area contributed by atoms with Crippen LogP contribution in [0.15, 0.2) is 50.2 Å². The van der Waals surface area contributed by atoms with E-state index in [2.05, 4.69) is 21.1 Å². The van der Waals surface area contributed by atoms with Crippen LogP contribution >= 0.6 is 15.9 Å². The van der Waals surface area contributed by atoms with Gasteiger partial charge in [0.2, 0.25) is 0 Å². The Labute approximate surface area is 123 Å². The van der Waals surface area contributed by atoms with Gasteiger partial charge >= 0.3 is 0 Å². The molecule has 0 spiro atoms. The number of aromatic nitrogens is 1. The van der Waals surface area contributed by atoms with Crippen LogP contribution in [0.25, 0.3) is 22.5 Å². The monoisotopic (exact) mass is 334 g/mol. The minimum absolute atomic E-state index is 0.303. The second-order valence-electron chi connectivity index (χ2n) is 4.08. The van der Waals surface area contributed by atoms with Crippen LogP contribution in [0.5, 0.6) is 5.75 Å². The number of methoxy groups -OCH3 is 1. The highest BCUT2D eigenvalue weighted by molar-refractivity contribution is 9.10. The van der Waals surface area contributed by atoms with Crippen LogP contribution in [-0.4, -0.2) is 12.3 Å². The first kappa shape index (κ1) is 12.8. The van der Waals surface area contributed by atoms with Crippen LogP contribution in [0.1, 0.15) is 0 Å². The fraction of sp³-hybridized carbons (Fsp3) is 0.0714. The molecule has 0 amide bonds. The molecule has 0 atom stereocenters. The summed E-state index contributed by atoms with van der Waals surface area (Å²) in [6.07, 6.45) is 1.56. The molecular formula is C14H11BrN2O3. The van der Waals surface area contributed by atoms with Gasteiger partial charge < -0.3 is 19.4 Å². The number of anilines is 1. The van der Waals surface area contributed by atoms with Crippen LogP contribution in [0.4, 0.5) is 5.82 Å². The number of rotatable bonds is 3. The van der Waals surface area contributed by atoms with Gasteiger partial charge in [0.25, 0.3) is 0 Å². The van der Waals surface area contributed by atoms with Crippen molar-refractivity contribution >= 4 is 21.7 Å². The summed E-state index contributed by atoms with van der Waals surface area (Å²) in [5, 5.41) is 3.85. The Morgan fingerprint density at radius 1 is 1.20 bits per heavy atom. The third-order valence-corrected chi connectivity index (χ3v) is 3.57. The highest BCUT2D eigenvalue weighted by Crippen LogP contribution is 2.42. The SMILES string of the molecule is COc1ccccc1-c1c(N)noc1-c1ccoc1Br. The Hall–Kier alpha value is -2.21. The number of nitrogens with two attached hydrogens (primary N) is 1. The molecule has 6 heteroatoms. The summed E-state index contributed by atoms with van der Waals surface area (Å²) >= 11 is 3.33. The van der Waals surface area contributed by atoms with Gasteiger partial charge in [0.15, 0.2) is 16.2 Å². The first-order valence-electron chi connectivity index (χ1n) is 5.84. The van der Waals surface area contributed by atoms with Gasteiger partial charge in [0.1, 0.15) is 5.75 Å². The maximum atomic E-state index is 5.95. The molecule has 20 heavy (non-hydrogen) atoms. The molecule has 0 saturated heterocycles. The van der Waals surface area contributed by atoms with E-state index in [0.29, 0.717) is 27.6 Å². The summed E-state index contributed by atoms with van der Waals surface area (Å²) in [6.45, 7) is 0. The molecule has 3 rings (SSSR count). The summed E-state index contributed by atoms with van der Waals surface area (Å²) in [5.41, 5.74) is 8.19. The molecule has 0 saturated carbocycles. The summed E-state index contributed by atoms with van der Waals surface area (Å²) in [5.74, 6) is 1.54. The molecule has 0 bridgehead atoms. The van der Waals surface area contributed by atoms with Gasteiger partial charge in [-0.15, -0.1) is 0 Å². The predicted octanol–water partition coefficient (Wildman–Crippen LogP) is 3.95. The topological polar surface area (TPSA) is 74.4 Å². The first-order valence-corrected chi connectivity index (χ1v) is 6.63. The van der Waals surface area contributed by atoms with E-state index in [1.165, 1.54) is 0 Å². The first-order chi connectivity index (χ1) is 9.72. The van der Waals surface area contributed by atoms with Gasteiger partial charge in [-0.3, -0.25) is 0 Å². The largest absolute Gasteiger partial charge is 0.496 e. The van der Waals surface area contributed by atoms with Gasteiger partial charge in [-0.25, -0.2) is 0 Å². The van der Waals surface area contributed by atoms with E-state index < -0.39 is 0 Å². The number of halogens is 1. The third-order valence-electron chi connectivity index (χ3n) is 2.96. The molecule has 2 heterocycles. The number of ether oxygens (including phenoxy) is 1. The zero-order valence-corrected chi connectivity index (χ0v) is 12.2. The number of para-hydroxylation sites is 1. The molecule has 2 N–H and O–H groups in total. The Bertz CT molecular complexity index is 748. The minimum atomic E-state index is 0.303. The normalized spacial score (nSPS) is 10.7. The van der Waals surface area contributed by atoms with E-state index in [9.17, 15) is 0 Å². The Morgan fingerprint density at radius 3 is 2.70 bits per heavy atom. The molecular weight excluding hydrogens is 324 g/mol.